The molecule has 0 amide bonds. The average molecular weight is 331 g/mol. The summed E-state index contributed by atoms with van der Waals surface area (Å²) in [6.45, 7) is 0. The minimum absolute atomic E-state index is 0.471. The molecule has 1 aromatic heterocycles. The summed E-state index contributed by atoms with van der Waals surface area (Å²) in [7, 11) is 1.62. The summed E-state index contributed by atoms with van der Waals surface area (Å²) in [5.74, 6) is 1.72. The summed E-state index contributed by atoms with van der Waals surface area (Å²) < 4.78 is 11.9. The topological polar surface area (TPSA) is 48.2 Å². The molecule has 0 bridgehead atoms. The minimum Gasteiger partial charge on any atom is -0.497 e. The van der Waals surface area contributed by atoms with E-state index in [0.29, 0.717) is 11.8 Å². The fourth-order valence-electron chi connectivity index (χ4n) is 1.83. The van der Waals surface area contributed by atoms with E-state index < -0.39 is 0 Å². The smallest absolute Gasteiger partial charge is 0.248 e. The van der Waals surface area contributed by atoms with Crippen LogP contribution in [-0.2, 0) is 0 Å². The highest BCUT2D eigenvalue weighted by Gasteiger charge is 2.11. The van der Waals surface area contributed by atoms with Crippen molar-refractivity contribution in [3.63, 3.8) is 0 Å². The van der Waals surface area contributed by atoms with E-state index in [1.54, 1.807) is 7.11 Å². The molecule has 2 aromatic carbocycles. The van der Waals surface area contributed by atoms with Gasteiger partial charge in [-0.25, -0.2) is 0 Å². The van der Waals surface area contributed by atoms with E-state index in [4.69, 9.17) is 9.15 Å². The molecule has 0 unspecified atom stereocenters. The van der Waals surface area contributed by atoms with E-state index in [9.17, 15) is 0 Å². The van der Waals surface area contributed by atoms with Crippen molar-refractivity contribution >= 4 is 15.9 Å². The van der Waals surface area contributed by atoms with Gasteiger partial charge in [0.2, 0.25) is 11.8 Å². The second-order valence-corrected chi connectivity index (χ2v) is 5.07. The first-order valence-corrected chi connectivity index (χ1v) is 6.79. The molecule has 100 valence electrons. The first-order chi connectivity index (χ1) is 9.76. The van der Waals surface area contributed by atoms with Gasteiger partial charge < -0.3 is 9.15 Å². The highest BCUT2D eigenvalue weighted by Crippen LogP contribution is 2.27. The first-order valence-electron chi connectivity index (χ1n) is 6.00. The van der Waals surface area contributed by atoms with Crippen molar-refractivity contribution in [1.29, 1.82) is 0 Å². The van der Waals surface area contributed by atoms with Gasteiger partial charge in [0.1, 0.15) is 5.75 Å². The lowest BCUT2D eigenvalue weighted by atomic mass is 10.2. The molecular formula is C15H11BrN2O2. The summed E-state index contributed by atoms with van der Waals surface area (Å²) >= 11 is 3.42. The molecule has 3 rings (SSSR count). The van der Waals surface area contributed by atoms with Crippen molar-refractivity contribution in [2.24, 2.45) is 0 Å². The first kappa shape index (κ1) is 12.9. The molecule has 0 aliphatic rings. The summed E-state index contributed by atoms with van der Waals surface area (Å²) in [5, 5.41) is 8.16. The van der Waals surface area contributed by atoms with Crippen molar-refractivity contribution in [3.8, 4) is 28.7 Å². The Morgan fingerprint density at radius 3 is 2.25 bits per heavy atom. The number of methoxy groups -OCH3 is 1. The van der Waals surface area contributed by atoms with Gasteiger partial charge >= 0.3 is 0 Å². The van der Waals surface area contributed by atoms with E-state index in [1.165, 1.54) is 0 Å². The molecule has 0 saturated carbocycles. The van der Waals surface area contributed by atoms with E-state index in [0.717, 1.165) is 21.3 Å². The van der Waals surface area contributed by atoms with Crippen LogP contribution in [-0.4, -0.2) is 17.3 Å². The molecule has 5 heteroatoms. The van der Waals surface area contributed by atoms with E-state index in [1.807, 2.05) is 48.5 Å². The van der Waals surface area contributed by atoms with Crippen molar-refractivity contribution in [2.45, 2.75) is 0 Å². The maximum Gasteiger partial charge on any atom is 0.248 e. The zero-order chi connectivity index (χ0) is 13.9. The molecule has 0 fully saturated rings. The second-order valence-electron chi connectivity index (χ2n) is 4.15. The Kier molecular flexibility index (Phi) is 3.52. The Hall–Kier alpha value is -2.14. The zero-order valence-corrected chi connectivity index (χ0v) is 12.3. The van der Waals surface area contributed by atoms with Gasteiger partial charge in [0.25, 0.3) is 0 Å². The SMILES string of the molecule is COc1cccc(-c2nnc(-c3cccc(Br)c3)o2)c1. The second kappa shape index (κ2) is 5.46. The lowest BCUT2D eigenvalue weighted by molar-refractivity contribution is 0.415. The molecule has 0 aliphatic heterocycles. The molecule has 0 atom stereocenters. The molecule has 4 nitrogen and oxygen atoms in total. The third kappa shape index (κ3) is 2.58. The normalized spacial score (nSPS) is 10.5. The molecule has 1 heterocycles. The van der Waals surface area contributed by atoms with Crippen LogP contribution in [0.5, 0.6) is 5.75 Å². The molecule has 0 N–H and O–H groups in total. The average Bonchev–Trinajstić information content (AvgIpc) is 2.97. The van der Waals surface area contributed by atoms with Gasteiger partial charge in [-0.1, -0.05) is 28.1 Å². The van der Waals surface area contributed by atoms with Gasteiger partial charge in [0.15, 0.2) is 0 Å². The lowest BCUT2D eigenvalue weighted by Crippen LogP contribution is -1.83. The fraction of sp³-hybridized carbons (Fsp3) is 0.0667. The van der Waals surface area contributed by atoms with Gasteiger partial charge in [-0.2, -0.15) is 0 Å². The molecule has 0 saturated heterocycles. The minimum atomic E-state index is 0.471. The Morgan fingerprint density at radius 1 is 0.950 bits per heavy atom. The van der Waals surface area contributed by atoms with Gasteiger partial charge in [0, 0.05) is 15.6 Å². The fourth-order valence-corrected chi connectivity index (χ4v) is 2.23. The van der Waals surface area contributed by atoms with Crippen LogP contribution in [0.15, 0.2) is 57.4 Å². The molecule has 0 spiro atoms. The number of ether oxygens (including phenoxy) is 1. The molecular weight excluding hydrogens is 320 g/mol. The quantitative estimate of drug-likeness (QED) is 0.723. The third-order valence-corrected chi connectivity index (χ3v) is 3.31. The number of rotatable bonds is 3. The maximum absolute atomic E-state index is 5.71. The Labute approximate surface area is 124 Å². The van der Waals surface area contributed by atoms with Crippen LogP contribution in [0.1, 0.15) is 0 Å². The van der Waals surface area contributed by atoms with Crippen molar-refractivity contribution in [3.05, 3.63) is 53.0 Å². The molecule has 20 heavy (non-hydrogen) atoms. The van der Waals surface area contributed by atoms with Crippen LogP contribution in [0.4, 0.5) is 0 Å². The highest BCUT2D eigenvalue weighted by molar-refractivity contribution is 9.10. The molecule has 3 aromatic rings. The third-order valence-electron chi connectivity index (χ3n) is 2.81. The van der Waals surface area contributed by atoms with Crippen molar-refractivity contribution in [2.75, 3.05) is 7.11 Å². The number of halogens is 1. The molecule has 0 radical (unpaired) electrons. The monoisotopic (exact) mass is 330 g/mol. The largest absolute Gasteiger partial charge is 0.497 e. The Bertz CT molecular complexity index is 740. The predicted octanol–water partition coefficient (Wildman–Crippen LogP) is 4.17. The number of hydrogen-bond donors (Lipinski definition) is 0. The van der Waals surface area contributed by atoms with E-state index in [-0.39, 0.29) is 0 Å². The Balaban J connectivity index is 1.97. The van der Waals surface area contributed by atoms with Crippen LogP contribution in [0.2, 0.25) is 0 Å². The highest BCUT2D eigenvalue weighted by atomic mass is 79.9. The van der Waals surface area contributed by atoms with Crippen LogP contribution in [0.3, 0.4) is 0 Å². The van der Waals surface area contributed by atoms with Crippen LogP contribution >= 0.6 is 15.9 Å². The summed E-state index contributed by atoms with van der Waals surface area (Å²) in [6.07, 6.45) is 0. The van der Waals surface area contributed by atoms with Crippen molar-refractivity contribution in [1.82, 2.24) is 10.2 Å². The number of nitrogens with zero attached hydrogens (tertiary/aromatic N) is 2. The number of benzene rings is 2. The maximum atomic E-state index is 5.71. The number of aromatic nitrogens is 2. The summed E-state index contributed by atoms with van der Waals surface area (Å²) in [6, 6.07) is 15.2. The van der Waals surface area contributed by atoms with Crippen LogP contribution < -0.4 is 4.74 Å². The van der Waals surface area contributed by atoms with Crippen LogP contribution in [0, 0.1) is 0 Å². The van der Waals surface area contributed by atoms with Crippen molar-refractivity contribution < 1.29 is 9.15 Å². The summed E-state index contributed by atoms with van der Waals surface area (Å²) in [5.41, 5.74) is 1.71. The van der Waals surface area contributed by atoms with Gasteiger partial charge in [-0.3, -0.25) is 0 Å². The van der Waals surface area contributed by atoms with Crippen LogP contribution in [0.25, 0.3) is 22.9 Å². The summed E-state index contributed by atoms with van der Waals surface area (Å²) in [4.78, 5) is 0. The standard InChI is InChI=1S/C15H11BrN2O2/c1-19-13-7-3-5-11(9-13)15-18-17-14(20-15)10-4-2-6-12(16)8-10/h2-9H,1H3. The van der Waals surface area contributed by atoms with E-state index >= 15 is 0 Å². The van der Waals surface area contributed by atoms with Gasteiger partial charge in [0.05, 0.1) is 7.11 Å². The van der Waals surface area contributed by atoms with E-state index in [2.05, 4.69) is 26.1 Å². The zero-order valence-electron chi connectivity index (χ0n) is 10.7. The number of hydrogen-bond acceptors (Lipinski definition) is 4. The Morgan fingerprint density at radius 2 is 1.60 bits per heavy atom. The van der Waals surface area contributed by atoms with Gasteiger partial charge in [-0.05, 0) is 36.4 Å². The van der Waals surface area contributed by atoms with Gasteiger partial charge in [-0.15, -0.1) is 10.2 Å². The predicted molar refractivity (Wildman–Crippen MR) is 79.4 cm³/mol. The molecule has 0 aliphatic carbocycles. The lowest BCUT2D eigenvalue weighted by Gasteiger charge is -2.00.